The largest absolute Gasteiger partial charge is 0.349 e. The number of carbonyl (C=O) groups excluding carboxylic acids is 1. The molecular formula is C18H23Cl3N2OS. The highest BCUT2D eigenvalue weighted by atomic mass is 35.5. The fourth-order valence-corrected chi connectivity index (χ4v) is 4.69. The third kappa shape index (κ3) is 5.01. The lowest BCUT2D eigenvalue weighted by atomic mass is 10.1. The number of rotatable bonds is 8. The number of nitrogens with zero attached hydrogens (tertiary/aromatic N) is 1. The lowest BCUT2D eigenvalue weighted by molar-refractivity contribution is 0.0941. The molecule has 1 amide bonds. The van der Waals surface area contributed by atoms with Gasteiger partial charge in [0.05, 0.1) is 19.8 Å². The van der Waals surface area contributed by atoms with E-state index in [-0.39, 0.29) is 11.9 Å². The van der Waals surface area contributed by atoms with Crippen LogP contribution in [0.3, 0.4) is 0 Å². The third-order valence-electron chi connectivity index (χ3n) is 4.28. The van der Waals surface area contributed by atoms with Crippen LogP contribution >= 0.6 is 46.1 Å². The van der Waals surface area contributed by atoms with Gasteiger partial charge >= 0.3 is 0 Å². The summed E-state index contributed by atoms with van der Waals surface area (Å²) in [5, 5.41) is 5.14. The minimum absolute atomic E-state index is 0.0865. The number of hydrogen-bond acceptors (Lipinski definition) is 3. The molecule has 25 heavy (non-hydrogen) atoms. The van der Waals surface area contributed by atoms with E-state index in [2.05, 4.69) is 24.1 Å². The van der Waals surface area contributed by atoms with E-state index in [9.17, 15) is 4.79 Å². The Kier molecular flexibility index (Phi) is 7.84. The molecule has 1 heterocycles. The summed E-state index contributed by atoms with van der Waals surface area (Å²) in [5.74, 6) is -0.159. The Morgan fingerprint density at radius 1 is 1.20 bits per heavy atom. The van der Waals surface area contributed by atoms with E-state index < -0.39 is 0 Å². The van der Waals surface area contributed by atoms with Gasteiger partial charge in [0.1, 0.15) is 4.88 Å². The van der Waals surface area contributed by atoms with Crippen LogP contribution in [-0.4, -0.2) is 36.5 Å². The van der Waals surface area contributed by atoms with Gasteiger partial charge < -0.3 is 10.2 Å². The SMILES string of the molecule is CCN(CC)CCCC(C)NC(=O)c1sc2c(Cl)c(Cl)ccc2c1Cl. The molecule has 1 aromatic heterocycles. The van der Waals surface area contributed by atoms with Crippen LogP contribution < -0.4 is 5.32 Å². The Morgan fingerprint density at radius 3 is 2.52 bits per heavy atom. The van der Waals surface area contributed by atoms with Gasteiger partial charge in [-0.3, -0.25) is 4.79 Å². The Morgan fingerprint density at radius 2 is 1.88 bits per heavy atom. The van der Waals surface area contributed by atoms with Gasteiger partial charge in [0.15, 0.2) is 0 Å². The summed E-state index contributed by atoms with van der Waals surface area (Å²) in [5.41, 5.74) is 0. The molecule has 0 fully saturated rings. The van der Waals surface area contributed by atoms with Crippen molar-refractivity contribution < 1.29 is 4.79 Å². The van der Waals surface area contributed by atoms with Crippen LogP contribution in [0.2, 0.25) is 15.1 Å². The molecule has 0 saturated heterocycles. The van der Waals surface area contributed by atoms with E-state index in [0.29, 0.717) is 19.9 Å². The smallest absolute Gasteiger partial charge is 0.263 e. The van der Waals surface area contributed by atoms with E-state index in [1.54, 1.807) is 12.1 Å². The second-order valence-electron chi connectivity index (χ2n) is 6.03. The highest BCUT2D eigenvalue weighted by Crippen LogP contribution is 2.41. The summed E-state index contributed by atoms with van der Waals surface area (Å²) < 4.78 is 0.749. The number of fused-ring (bicyclic) bond motifs is 1. The van der Waals surface area contributed by atoms with E-state index in [4.69, 9.17) is 34.8 Å². The zero-order valence-corrected chi connectivity index (χ0v) is 17.7. The van der Waals surface area contributed by atoms with Crippen molar-refractivity contribution in [3.05, 3.63) is 32.1 Å². The quantitative estimate of drug-likeness (QED) is 0.558. The van der Waals surface area contributed by atoms with Crippen molar-refractivity contribution in [1.29, 1.82) is 0 Å². The second-order valence-corrected chi connectivity index (χ2v) is 8.21. The molecule has 0 aliphatic rings. The molecular weight excluding hydrogens is 399 g/mol. The van der Waals surface area contributed by atoms with Crippen molar-refractivity contribution in [1.82, 2.24) is 10.2 Å². The van der Waals surface area contributed by atoms with E-state index >= 15 is 0 Å². The number of halogens is 3. The van der Waals surface area contributed by atoms with Gasteiger partial charge in [0, 0.05) is 11.4 Å². The maximum absolute atomic E-state index is 12.6. The van der Waals surface area contributed by atoms with Gasteiger partial charge in [-0.1, -0.05) is 54.7 Å². The maximum atomic E-state index is 12.6. The van der Waals surface area contributed by atoms with Gasteiger partial charge in [-0.05, 0) is 45.5 Å². The summed E-state index contributed by atoms with van der Waals surface area (Å²) in [6.45, 7) is 9.50. The predicted octanol–water partition coefficient (Wildman–Crippen LogP) is 6.10. The predicted molar refractivity (Wildman–Crippen MR) is 111 cm³/mol. The summed E-state index contributed by atoms with van der Waals surface area (Å²) >= 11 is 19.9. The van der Waals surface area contributed by atoms with Crippen molar-refractivity contribution in [3.8, 4) is 0 Å². The molecule has 2 rings (SSSR count). The Bertz CT molecular complexity index is 743. The molecule has 1 atom stereocenters. The van der Waals surface area contributed by atoms with Crippen LogP contribution in [0.4, 0.5) is 0 Å². The molecule has 2 aromatic rings. The monoisotopic (exact) mass is 420 g/mol. The van der Waals surface area contributed by atoms with Crippen molar-refractivity contribution in [2.75, 3.05) is 19.6 Å². The molecule has 1 unspecified atom stereocenters. The normalized spacial score (nSPS) is 12.8. The van der Waals surface area contributed by atoms with Crippen molar-refractivity contribution >= 4 is 62.1 Å². The number of benzene rings is 1. The van der Waals surface area contributed by atoms with E-state index in [1.165, 1.54) is 11.3 Å². The van der Waals surface area contributed by atoms with E-state index in [0.717, 1.165) is 42.6 Å². The summed E-state index contributed by atoms with van der Waals surface area (Å²) in [6.07, 6.45) is 1.97. The van der Waals surface area contributed by atoms with Gasteiger partial charge in [0.25, 0.3) is 5.91 Å². The molecule has 0 aliphatic heterocycles. The molecule has 1 N–H and O–H groups in total. The first-order valence-corrected chi connectivity index (χ1v) is 10.4. The Hall–Kier alpha value is -0.520. The number of carbonyl (C=O) groups is 1. The first kappa shape index (κ1) is 20.8. The van der Waals surface area contributed by atoms with Crippen LogP contribution in [0.5, 0.6) is 0 Å². The fourth-order valence-electron chi connectivity index (χ4n) is 2.74. The van der Waals surface area contributed by atoms with E-state index in [1.807, 2.05) is 6.92 Å². The standard InChI is InChI=1S/C18H23Cl3N2OS/c1-4-23(5-2)10-6-7-11(3)22-18(24)17-14(20)12-8-9-13(19)15(21)16(12)25-17/h8-9,11H,4-7,10H2,1-3H3,(H,22,24). The van der Waals surface area contributed by atoms with Crippen LogP contribution in [0.25, 0.3) is 10.1 Å². The highest BCUT2D eigenvalue weighted by Gasteiger charge is 2.20. The average Bonchev–Trinajstić information content (AvgIpc) is 2.92. The van der Waals surface area contributed by atoms with Crippen LogP contribution in [0, 0.1) is 0 Å². The number of thiophene rings is 1. The zero-order valence-electron chi connectivity index (χ0n) is 14.7. The Balaban J connectivity index is 2.02. The van der Waals surface area contributed by atoms with Gasteiger partial charge in [-0.25, -0.2) is 0 Å². The van der Waals surface area contributed by atoms with Crippen molar-refractivity contribution in [2.24, 2.45) is 0 Å². The molecule has 3 nitrogen and oxygen atoms in total. The van der Waals surface area contributed by atoms with Crippen molar-refractivity contribution in [3.63, 3.8) is 0 Å². The van der Waals surface area contributed by atoms with Crippen molar-refractivity contribution in [2.45, 2.75) is 39.7 Å². The molecule has 0 radical (unpaired) electrons. The maximum Gasteiger partial charge on any atom is 0.263 e. The fraction of sp³-hybridized carbons (Fsp3) is 0.500. The summed E-state index contributed by atoms with van der Waals surface area (Å²) in [6, 6.07) is 3.58. The lowest BCUT2D eigenvalue weighted by Crippen LogP contribution is -2.33. The average molecular weight is 422 g/mol. The lowest BCUT2D eigenvalue weighted by Gasteiger charge is -2.19. The molecule has 7 heteroatoms. The Labute approximate surface area is 168 Å². The number of amides is 1. The van der Waals surface area contributed by atoms with Gasteiger partial charge in [-0.15, -0.1) is 11.3 Å². The molecule has 1 aromatic carbocycles. The first-order chi connectivity index (χ1) is 11.9. The zero-order chi connectivity index (χ0) is 18.6. The minimum Gasteiger partial charge on any atom is -0.349 e. The topological polar surface area (TPSA) is 32.3 Å². The molecule has 138 valence electrons. The third-order valence-corrected chi connectivity index (χ3v) is 6.92. The summed E-state index contributed by atoms with van der Waals surface area (Å²) in [4.78, 5) is 15.4. The summed E-state index contributed by atoms with van der Waals surface area (Å²) in [7, 11) is 0. The number of hydrogen-bond donors (Lipinski definition) is 1. The van der Waals surface area contributed by atoms with Crippen LogP contribution in [0.15, 0.2) is 12.1 Å². The van der Waals surface area contributed by atoms with Crippen LogP contribution in [-0.2, 0) is 0 Å². The van der Waals surface area contributed by atoms with Crippen LogP contribution in [0.1, 0.15) is 43.3 Å². The second kappa shape index (κ2) is 9.43. The van der Waals surface area contributed by atoms with Gasteiger partial charge in [-0.2, -0.15) is 0 Å². The molecule has 0 saturated carbocycles. The minimum atomic E-state index is -0.159. The molecule has 0 aliphatic carbocycles. The molecule has 0 bridgehead atoms. The first-order valence-electron chi connectivity index (χ1n) is 8.48. The number of nitrogens with one attached hydrogen (secondary N) is 1. The highest BCUT2D eigenvalue weighted by molar-refractivity contribution is 7.22. The van der Waals surface area contributed by atoms with Gasteiger partial charge in [0.2, 0.25) is 0 Å². The molecule has 0 spiro atoms.